The van der Waals surface area contributed by atoms with Gasteiger partial charge in [0.25, 0.3) is 0 Å². The second kappa shape index (κ2) is 8.38. The van der Waals surface area contributed by atoms with Crippen molar-refractivity contribution in [2.75, 3.05) is 26.2 Å². The molecule has 0 spiro atoms. The van der Waals surface area contributed by atoms with E-state index in [1.54, 1.807) is 0 Å². The number of carbonyl (C=O) groups excluding carboxylic acids is 2. The minimum atomic E-state index is -0.0462. The van der Waals surface area contributed by atoms with Gasteiger partial charge in [-0.1, -0.05) is 0 Å². The first kappa shape index (κ1) is 16.2. The van der Waals surface area contributed by atoms with Gasteiger partial charge < -0.3 is 15.5 Å². The molecule has 0 aromatic carbocycles. The summed E-state index contributed by atoms with van der Waals surface area (Å²) in [7, 11) is 0. The number of amides is 2. The summed E-state index contributed by atoms with van der Waals surface area (Å²) in [4.78, 5) is 25.5. The average molecular weight is 290 g/mol. The van der Waals surface area contributed by atoms with E-state index in [1.165, 1.54) is 6.42 Å². The van der Waals surface area contributed by atoms with Crippen LogP contribution in [-0.4, -0.2) is 48.9 Å². The summed E-state index contributed by atoms with van der Waals surface area (Å²) in [6.45, 7) is 3.16. The van der Waals surface area contributed by atoms with Crippen LogP contribution in [0.15, 0.2) is 0 Å². The summed E-state index contributed by atoms with van der Waals surface area (Å²) in [6.07, 6.45) is 5.86. The third kappa shape index (κ3) is 4.99. The van der Waals surface area contributed by atoms with E-state index >= 15 is 0 Å². The molecule has 0 aromatic heterocycles. The summed E-state index contributed by atoms with van der Waals surface area (Å²) >= 11 is 0. The maximum atomic E-state index is 11.9. The molecular weight excluding hydrogens is 266 g/mol. The first-order valence-corrected chi connectivity index (χ1v) is 7.06. The zero-order chi connectivity index (χ0) is 12.8. The molecule has 0 unspecified atom stereocenters. The highest BCUT2D eigenvalue weighted by atomic mass is 35.5. The largest absolute Gasteiger partial charge is 0.354 e. The molecule has 2 fully saturated rings. The highest BCUT2D eigenvalue weighted by Gasteiger charge is 2.22. The van der Waals surface area contributed by atoms with E-state index in [-0.39, 0.29) is 30.3 Å². The van der Waals surface area contributed by atoms with Gasteiger partial charge in [0.2, 0.25) is 11.8 Å². The molecule has 2 aliphatic rings. The van der Waals surface area contributed by atoms with Crippen LogP contribution < -0.4 is 10.6 Å². The molecule has 19 heavy (non-hydrogen) atoms. The van der Waals surface area contributed by atoms with E-state index < -0.39 is 0 Å². The highest BCUT2D eigenvalue weighted by molar-refractivity contribution is 5.85. The van der Waals surface area contributed by atoms with Crippen molar-refractivity contribution >= 4 is 24.2 Å². The molecule has 2 N–H and O–H groups in total. The lowest BCUT2D eigenvalue weighted by molar-refractivity contribution is -0.132. The monoisotopic (exact) mass is 289 g/mol. The summed E-state index contributed by atoms with van der Waals surface area (Å²) in [5.74, 6) is 0.216. The van der Waals surface area contributed by atoms with Crippen LogP contribution in [-0.2, 0) is 9.59 Å². The van der Waals surface area contributed by atoms with Crippen LogP contribution in [0, 0.1) is 0 Å². The predicted octanol–water partition coefficient (Wildman–Crippen LogP) is 0.679. The van der Waals surface area contributed by atoms with Crippen molar-refractivity contribution < 1.29 is 9.59 Å². The molecular formula is C13H24ClN3O2. The number of hydrogen-bond acceptors (Lipinski definition) is 3. The Morgan fingerprint density at radius 1 is 1.16 bits per heavy atom. The Labute approximate surface area is 120 Å². The fourth-order valence-corrected chi connectivity index (χ4v) is 2.63. The summed E-state index contributed by atoms with van der Waals surface area (Å²) in [5.41, 5.74) is 0. The molecule has 6 heteroatoms. The van der Waals surface area contributed by atoms with Crippen LogP contribution in [0.25, 0.3) is 0 Å². The molecule has 2 aliphatic heterocycles. The lowest BCUT2D eigenvalue weighted by Crippen LogP contribution is -2.42. The van der Waals surface area contributed by atoms with E-state index in [0.717, 1.165) is 45.3 Å². The SMILES string of the molecule is Cl.O=C(NCCC(=O)N1CCCCC1)[C@@H]1CCCN1. The van der Waals surface area contributed by atoms with Crippen molar-refractivity contribution in [1.29, 1.82) is 0 Å². The Morgan fingerprint density at radius 3 is 2.53 bits per heavy atom. The Balaban J connectivity index is 0.00000180. The van der Waals surface area contributed by atoms with Gasteiger partial charge in [-0.15, -0.1) is 12.4 Å². The number of likely N-dealkylation sites (tertiary alicyclic amines) is 1. The normalized spacial score (nSPS) is 22.7. The molecule has 2 amide bonds. The summed E-state index contributed by atoms with van der Waals surface area (Å²) in [6, 6.07) is -0.0462. The van der Waals surface area contributed by atoms with Gasteiger partial charge in [-0.05, 0) is 38.6 Å². The van der Waals surface area contributed by atoms with Gasteiger partial charge in [-0.3, -0.25) is 9.59 Å². The van der Waals surface area contributed by atoms with Crippen molar-refractivity contribution in [3.63, 3.8) is 0 Å². The maximum absolute atomic E-state index is 11.9. The van der Waals surface area contributed by atoms with Crippen molar-refractivity contribution in [2.24, 2.45) is 0 Å². The zero-order valence-electron chi connectivity index (χ0n) is 11.3. The molecule has 0 aliphatic carbocycles. The van der Waals surface area contributed by atoms with Crippen LogP contribution >= 0.6 is 12.4 Å². The number of halogens is 1. The lowest BCUT2D eigenvalue weighted by Gasteiger charge is -2.26. The van der Waals surface area contributed by atoms with Gasteiger partial charge in [0, 0.05) is 26.1 Å². The fraction of sp³-hybridized carbons (Fsp3) is 0.846. The van der Waals surface area contributed by atoms with Gasteiger partial charge in [-0.2, -0.15) is 0 Å². The molecule has 110 valence electrons. The molecule has 2 heterocycles. The third-order valence-corrected chi connectivity index (χ3v) is 3.72. The maximum Gasteiger partial charge on any atom is 0.237 e. The van der Waals surface area contributed by atoms with E-state index in [0.29, 0.717) is 13.0 Å². The third-order valence-electron chi connectivity index (χ3n) is 3.72. The molecule has 0 aromatic rings. The Hall–Kier alpha value is -0.810. The van der Waals surface area contributed by atoms with Crippen LogP contribution in [0.2, 0.25) is 0 Å². The van der Waals surface area contributed by atoms with Crippen molar-refractivity contribution in [2.45, 2.75) is 44.6 Å². The van der Waals surface area contributed by atoms with Crippen molar-refractivity contribution in [3.8, 4) is 0 Å². The number of piperidine rings is 1. The number of carbonyl (C=O) groups is 2. The Bertz CT molecular complexity index is 300. The number of rotatable bonds is 4. The van der Waals surface area contributed by atoms with Gasteiger partial charge in [0.1, 0.15) is 0 Å². The Kier molecular flexibility index (Phi) is 7.16. The molecule has 0 saturated carbocycles. The second-order valence-corrected chi connectivity index (χ2v) is 5.13. The van der Waals surface area contributed by atoms with Crippen molar-refractivity contribution in [1.82, 2.24) is 15.5 Å². The van der Waals surface area contributed by atoms with Crippen molar-refractivity contribution in [3.05, 3.63) is 0 Å². The zero-order valence-corrected chi connectivity index (χ0v) is 12.1. The molecule has 2 saturated heterocycles. The van der Waals surface area contributed by atoms with Gasteiger partial charge in [-0.25, -0.2) is 0 Å². The standard InChI is InChI=1S/C13H23N3O2.ClH/c17-12(16-9-2-1-3-10-16)6-8-15-13(18)11-5-4-7-14-11;/h11,14H,1-10H2,(H,15,18);1H/t11-;/m0./s1. The fourth-order valence-electron chi connectivity index (χ4n) is 2.63. The van der Waals surface area contributed by atoms with Crippen LogP contribution in [0.3, 0.4) is 0 Å². The van der Waals surface area contributed by atoms with E-state index in [2.05, 4.69) is 10.6 Å². The average Bonchev–Trinajstić information content (AvgIpc) is 2.93. The van der Waals surface area contributed by atoms with Crippen LogP contribution in [0.5, 0.6) is 0 Å². The Morgan fingerprint density at radius 2 is 1.89 bits per heavy atom. The molecule has 2 rings (SSSR count). The highest BCUT2D eigenvalue weighted by Crippen LogP contribution is 2.09. The molecule has 1 atom stereocenters. The van der Waals surface area contributed by atoms with Crippen LogP contribution in [0.1, 0.15) is 38.5 Å². The molecule has 0 bridgehead atoms. The second-order valence-electron chi connectivity index (χ2n) is 5.13. The van der Waals surface area contributed by atoms with Crippen LogP contribution in [0.4, 0.5) is 0 Å². The minimum absolute atomic E-state index is 0. The number of nitrogens with one attached hydrogen (secondary N) is 2. The first-order chi connectivity index (χ1) is 8.77. The van der Waals surface area contributed by atoms with E-state index in [4.69, 9.17) is 0 Å². The lowest BCUT2D eigenvalue weighted by atomic mass is 10.1. The smallest absolute Gasteiger partial charge is 0.237 e. The number of hydrogen-bond donors (Lipinski definition) is 2. The van der Waals surface area contributed by atoms with Gasteiger partial charge >= 0.3 is 0 Å². The predicted molar refractivity (Wildman–Crippen MR) is 76.3 cm³/mol. The van der Waals surface area contributed by atoms with Gasteiger partial charge in [0.05, 0.1) is 6.04 Å². The summed E-state index contributed by atoms with van der Waals surface area (Å²) in [5, 5.41) is 6.00. The topological polar surface area (TPSA) is 61.4 Å². The van der Waals surface area contributed by atoms with E-state index in [1.807, 2.05) is 4.90 Å². The molecule has 0 radical (unpaired) electrons. The first-order valence-electron chi connectivity index (χ1n) is 7.06. The quantitative estimate of drug-likeness (QED) is 0.800. The van der Waals surface area contributed by atoms with E-state index in [9.17, 15) is 9.59 Å². The minimum Gasteiger partial charge on any atom is -0.354 e. The summed E-state index contributed by atoms with van der Waals surface area (Å²) < 4.78 is 0. The number of nitrogens with zero attached hydrogens (tertiary/aromatic N) is 1. The van der Waals surface area contributed by atoms with Gasteiger partial charge in [0.15, 0.2) is 0 Å². The molecule has 5 nitrogen and oxygen atoms in total.